The molecular formula is C13H11BrN4O2. The molecule has 0 aromatic carbocycles. The van der Waals surface area contributed by atoms with Crippen LogP contribution in [-0.4, -0.2) is 28.2 Å². The van der Waals surface area contributed by atoms with Crippen molar-refractivity contribution in [2.24, 2.45) is 0 Å². The monoisotopic (exact) mass is 334 g/mol. The summed E-state index contributed by atoms with van der Waals surface area (Å²) in [7, 11) is 0. The van der Waals surface area contributed by atoms with E-state index in [1.165, 1.54) is 12.4 Å². The highest BCUT2D eigenvalue weighted by atomic mass is 79.9. The van der Waals surface area contributed by atoms with E-state index in [4.69, 9.17) is 5.73 Å². The molecule has 102 valence electrons. The van der Waals surface area contributed by atoms with Gasteiger partial charge in [0.05, 0.1) is 12.1 Å². The smallest absolute Gasteiger partial charge is 0.255 e. The number of aromatic nitrogens is 2. The minimum absolute atomic E-state index is 0.111. The second-order valence-corrected chi connectivity index (χ2v) is 4.85. The predicted octanol–water partition coefficient (Wildman–Crippen LogP) is 1.43. The number of nitrogens with two attached hydrogens (primary N) is 1. The fourth-order valence-corrected chi connectivity index (χ4v) is 1.85. The lowest BCUT2D eigenvalue weighted by atomic mass is 10.2. The number of Topliss-reactive ketones (excluding diaryl/α,β-unsaturated/α-hetero) is 1. The van der Waals surface area contributed by atoms with E-state index < -0.39 is 5.91 Å². The van der Waals surface area contributed by atoms with Crippen LogP contribution in [0.1, 0.15) is 20.7 Å². The fraction of sp³-hybridized carbons (Fsp3) is 0.0769. The third kappa shape index (κ3) is 3.39. The Bertz CT molecular complexity index is 646. The van der Waals surface area contributed by atoms with Crippen LogP contribution in [0.5, 0.6) is 0 Å². The zero-order valence-electron chi connectivity index (χ0n) is 10.3. The first kappa shape index (κ1) is 14.1. The first-order valence-corrected chi connectivity index (χ1v) is 6.49. The lowest BCUT2D eigenvalue weighted by Gasteiger charge is -2.06. The summed E-state index contributed by atoms with van der Waals surface area (Å²) >= 11 is 3.21. The van der Waals surface area contributed by atoms with Crippen molar-refractivity contribution < 1.29 is 9.59 Å². The van der Waals surface area contributed by atoms with Gasteiger partial charge in [0.25, 0.3) is 5.91 Å². The number of anilines is 1. The van der Waals surface area contributed by atoms with Crippen molar-refractivity contribution in [1.29, 1.82) is 0 Å². The number of carbonyl (C=O) groups is 2. The van der Waals surface area contributed by atoms with Crippen molar-refractivity contribution in [1.82, 2.24) is 15.3 Å². The Hall–Kier alpha value is -2.28. The van der Waals surface area contributed by atoms with Gasteiger partial charge in [0.1, 0.15) is 5.82 Å². The Morgan fingerprint density at radius 2 is 2.15 bits per heavy atom. The first-order valence-electron chi connectivity index (χ1n) is 5.70. The van der Waals surface area contributed by atoms with E-state index >= 15 is 0 Å². The lowest BCUT2D eigenvalue weighted by Crippen LogP contribution is -2.30. The molecule has 0 bridgehead atoms. The van der Waals surface area contributed by atoms with E-state index in [9.17, 15) is 9.59 Å². The number of rotatable bonds is 4. The number of nitrogens with zero attached hydrogens (tertiary/aromatic N) is 2. The fourth-order valence-electron chi connectivity index (χ4n) is 1.52. The minimum Gasteiger partial charge on any atom is -0.383 e. The molecule has 7 heteroatoms. The average molecular weight is 335 g/mol. The summed E-state index contributed by atoms with van der Waals surface area (Å²) in [6.45, 7) is -0.128. The van der Waals surface area contributed by atoms with Crippen LogP contribution >= 0.6 is 15.9 Å². The van der Waals surface area contributed by atoms with Crippen LogP contribution in [0.25, 0.3) is 0 Å². The third-order valence-electron chi connectivity index (χ3n) is 2.52. The van der Waals surface area contributed by atoms with E-state index in [0.29, 0.717) is 10.0 Å². The maximum absolute atomic E-state index is 11.9. The lowest BCUT2D eigenvalue weighted by molar-refractivity contribution is 0.0904. The van der Waals surface area contributed by atoms with Gasteiger partial charge in [-0.25, -0.2) is 4.98 Å². The summed E-state index contributed by atoms with van der Waals surface area (Å²) in [4.78, 5) is 31.5. The topological polar surface area (TPSA) is 98.0 Å². The van der Waals surface area contributed by atoms with Crippen molar-refractivity contribution in [3.8, 4) is 0 Å². The summed E-state index contributed by atoms with van der Waals surface area (Å²) in [6.07, 6.45) is 4.51. The molecule has 0 aliphatic rings. The van der Waals surface area contributed by atoms with E-state index in [1.54, 1.807) is 24.4 Å². The Morgan fingerprint density at radius 3 is 2.85 bits per heavy atom. The molecule has 0 spiro atoms. The Morgan fingerprint density at radius 1 is 1.35 bits per heavy atom. The van der Waals surface area contributed by atoms with Crippen molar-refractivity contribution in [2.75, 3.05) is 12.3 Å². The predicted molar refractivity (Wildman–Crippen MR) is 77.3 cm³/mol. The Kier molecular flexibility index (Phi) is 4.41. The number of nitrogen functional groups attached to an aromatic ring is 1. The van der Waals surface area contributed by atoms with Gasteiger partial charge in [0.15, 0.2) is 5.78 Å². The number of ketones is 1. The molecule has 0 atom stereocenters. The molecule has 0 aliphatic carbocycles. The molecule has 2 aromatic heterocycles. The SMILES string of the molecule is Nc1ncc(Br)cc1C(=O)NCC(=O)c1cccnc1. The molecule has 0 radical (unpaired) electrons. The van der Waals surface area contributed by atoms with Crippen molar-refractivity contribution in [3.63, 3.8) is 0 Å². The quantitative estimate of drug-likeness (QED) is 0.824. The molecule has 6 nitrogen and oxygen atoms in total. The summed E-state index contributed by atoms with van der Waals surface area (Å²) in [5.41, 5.74) is 6.28. The van der Waals surface area contributed by atoms with Gasteiger partial charge in [-0.3, -0.25) is 14.6 Å². The minimum atomic E-state index is -0.450. The molecule has 20 heavy (non-hydrogen) atoms. The van der Waals surface area contributed by atoms with Crippen LogP contribution in [0.3, 0.4) is 0 Å². The Balaban J connectivity index is 2.02. The summed E-state index contributed by atoms with van der Waals surface area (Å²) in [5, 5.41) is 2.51. The maximum Gasteiger partial charge on any atom is 0.255 e. The summed E-state index contributed by atoms with van der Waals surface area (Å²) < 4.78 is 0.635. The zero-order valence-corrected chi connectivity index (χ0v) is 11.9. The van der Waals surface area contributed by atoms with E-state index in [0.717, 1.165) is 0 Å². The molecule has 1 amide bonds. The van der Waals surface area contributed by atoms with Crippen molar-refractivity contribution >= 4 is 33.4 Å². The molecule has 0 aliphatic heterocycles. The number of halogens is 1. The van der Waals surface area contributed by atoms with E-state index in [2.05, 4.69) is 31.2 Å². The van der Waals surface area contributed by atoms with Crippen LogP contribution in [0, 0.1) is 0 Å². The molecule has 0 fully saturated rings. The summed E-state index contributed by atoms with van der Waals surface area (Å²) in [5.74, 6) is -0.568. The standard InChI is InChI=1S/C13H11BrN4O2/c14-9-4-10(12(15)17-6-9)13(20)18-7-11(19)8-2-1-3-16-5-8/h1-6H,7H2,(H2,15,17)(H,18,20). The molecule has 2 heterocycles. The third-order valence-corrected chi connectivity index (χ3v) is 2.96. The van der Waals surface area contributed by atoms with Crippen LogP contribution < -0.4 is 11.1 Å². The van der Waals surface area contributed by atoms with Gasteiger partial charge in [-0.1, -0.05) is 0 Å². The number of hydrogen-bond donors (Lipinski definition) is 2. The van der Waals surface area contributed by atoms with Gasteiger partial charge < -0.3 is 11.1 Å². The maximum atomic E-state index is 11.9. The molecule has 3 N–H and O–H groups in total. The van der Waals surface area contributed by atoms with Crippen LogP contribution in [0.15, 0.2) is 41.3 Å². The van der Waals surface area contributed by atoms with Gasteiger partial charge in [0.2, 0.25) is 0 Å². The van der Waals surface area contributed by atoms with Gasteiger partial charge >= 0.3 is 0 Å². The van der Waals surface area contributed by atoms with Crippen molar-refractivity contribution in [3.05, 3.63) is 52.4 Å². The van der Waals surface area contributed by atoms with E-state index in [-0.39, 0.29) is 23.7 Å². The molecule has 0 saturated heterocycles. The van der Waals surface area contributed by atoms with Gasteiger partial charge in [-0.15, -0.1) is 0 Å². The average Bonchev–Trinajstić information content (AvgIpc) is 2.47. The molecule has 2 rings (SSSR count). The number of pyridine rings is 2. The highest BCUT2D eigenvalue weighted by Gasteiger charge is 2.13. The number of amides is 1. The molecular weight excluding hydrogens is 324 g/mol. The number of hydrogen-bond acceptors (Lipinski definition) is 5. The first-order chi connectivity index (χ1) is 9.58. The summed E-state index contributed by atoms with van der Waals surface area (Å²) in [6, 6.07) is 4.84. The van der Waals surface area contributed by atoms with Gasteiger partial charge in [-0.2, -0.15) is 0 Å². The van der Waals surface area contributed by atoms with E-state index in [1.807, 2.05) is 0 Å². The highest BCUT2D eigenvalue weighted by Crippen LogP contribution is 2.15. The highest BCUT2D eigenvalue weighted by molar-refractivity contribution is 9.10. The largest absolute Gasteiger partial charge is 0.383 e. The van der Waals surface area contributed by atoms with Gasteiger partial charge in [0, 0.05) is 28.6 Å². The second kappa shape index (κ2) is 6.25. The molecule has 0 saturated carbocycles. The van der Waals surface area contributed by atoms with Crippen LogP contribution in [0.4, 0.5) is 5.82 Å². The van der Waals surface area contributed by atoms with Crippen LogP contribution in [0.2, 0.25) is 0 Å². The molecule has 0 unspecified atom stereocenters. The number of nitrogens with one attached hydrogen (secondary N) is 1. The van der Waals surface area contributed by atoms with Crippen LogP contribution in [-0.2, 0) is 0 Å². The second-order valence-electron chi connectivity index (χ2n) is 3.93. The zero-order chi connectivity index (χ0) is 14.5. The molecule has 2 aromatic rings. The Labute approximate surface area is 123 Å². The normalized spacial score (nSPS) is 10.1. The van der Waals surface area contributed by atoms with Crippen molar-refractivity contribution in [2.45, 2.75) is 0 Å². The number of carbonyl (C=O) groups excluding carboxylic acids is 2. The van der Waals surface area contributed by atoms with Gasteiger partial charge in [-0.05, 0) is 34.1 Å².